The summed E-state index contributed by atoms with van der Waals surface area (Å²) in [5.41, 5.74) is 2.06. The van der Waals surface area contributed by atoms with Gasteiger partial charge >= 0.3 is 5.97 Å². The van der Waals surface area contributed by atoms with Gasteiger partial charge in [-0.25, -0.2) is 0 Å². The quantitative estimate of drug-likeness (QED) is 0.619. The largest absolute Gasteiger partial charge is 0.469 e. The van der Waals surface area contributed by atoms with Crippen molar-refractivity contribution in [1.82, 2.24) is 10.2 Å². The topological polar surface area (TPSA) is 65.2 Å². The molecule has 0 radical (unpaired) electrons. The molecule has 1 heterocycles. The minimum absolute atomic E-state index is 0.245. The van der Waals surface area contributed by atoms with E-state index in [1.54, 1.807) is 0 Å². The first kappa shape index (κ1) is 13.6. The number of carbonyl (C=O) groups excluding carboxylic acids is 1. The molecule has 0 spiro atoms. The molecule has 0 N–H and O–H groups in total. The molecule has 5 nitrogen and oxygen atoms in total. The van der Waals surface area contributed by atoms with Gasteiger partial charge in [0.25, 0.3) is 5.22 Å². The van der Waals surface area contributed by atoms with E-state index in [1.807, 2.05) is 31.2 Å². The van der Waals surface area contributed by atoms with Gasteiger partial charge in [-0.1, -0.05) is 29.5 Å². The van der Waals surface area contributed by atoms with Crippen LogP contribution < -0.4 is 0 Å². The minimum Gasteiger partial charge on any atom is -0.469 e. The minimum atomic E-state index is -0.245. The predicted molar refractivity (Wildman–Crippen MR) is 71.8 cm³/mol. The van der Waals surface area contributed by atoms with Gasteiger partial charge < -0.3 is 9.15 Å². The average Bonchev–Trinajstić information content (AvgIpc) is 2.88. The van der Waals surface area contributed by atoms with Crippen LogP contribution in [-0.4, -0.2) is 29.0 Å². The second-order valence-electron chi connectivity index (χ2n) is 3.91. The van der Waals surface area contributed by atoms with Crippen LogP contribution in [0.1, 0.15) is 12.0 Å². The lowest BCUT2D eigenvalue weighted by molar-refractivity contribution is -0.140. The van der Waals surface area contributed by atoms with Crippen LogP contribution in [0.25, 0.3) is 11.5 Å². The van der Waals surface area contributed by atoms with E-state index in [1.165, 1.54) is 24.4 Å². The molecule has 6 heteroatoms. The second kappa shape index (κ2) is 6.38. The summed E-state index contributed by atoms with van der Waals surface area (Å²) in [4.78, 5) is 11.0. The van der Waals surface area contributed by atoms with E-state index in [9.17, 15) is 4.79 Å². The van der Waals surface area contributed by atoms with Crippen LogP contribution in [0.2, 0.25) is 0 Å². The van der Waals surface area contributed by atoms with E-state index in [2.05, 4.69) is 14.9 Å². The van der Waals surface area contributed by atoms with Gasteiger partial charge in [0.2, 0.25) is 5.89 Å². The molecule has 0 saturated heterocycles. The lowest BCUT2D eigenvalue weighted by Gasteiger charge is -1.96. The van der Waals surface area contributed by atoms with Gasteiger partial charge in [0, 0.05) is 11.3 Å². The standard InChI is InChI=1S/C13H14N2O3S/c1-9-3-5-10(6-4-9)12-14-15-13(18-12)19-8-7-11(16)17-2/h3-6H,7-8H2,1-2H3. The van der Waals surface area contributed by atoms with E-state index in [4.69, 9.17) is 4.42 Å². The maximum atomic E-state index is 11.0. The molecule has 19 heavy (non-hydrogen) atoms. The van der Waals surface area contributed by atoms with Crippen molar-refractivity contribution in [3.8, 4) is 11.5 Å². The Kier molecular flexibility index (Phi) is 4.57. The smallest absolute Gasteiger partial charge is 0.306 e. The van der Waals surface area contributed by atoms with E-state index in [0.29, 0.717) is 23.3 Å². The summed E-state index contributed by atoms with van der Waals surface area (Å²) in [7, 11) is 1.37. The van der Waals surface area contributed by atoms with Gasteiger partial charge in [-0.3, -0.25) is 4.79 Å². The summed E-state index contributed by atoms with van der Waals surface area (Å²) >= 11 is 1.34. The van der Waals surface area contributed by atoms with E-state index < -0.39 is 0 Å². The number of ether oxygens (including phenoxy) is 1. The first-order valence-corrected chi connectivity index (χ1v) is 6.78. The van der Waals surface area contributed by atoms with E-state index >= 15 is 0 Å². The number of benzene rings is 1. The number of hydrogen-bond acceptors (Lipinski definition) is 6. The SMILES string of the molecule is COC(=O)CCSc1nnc(-c2ccc(C)cc2)o1. The molecule has 2 rings (SSSR count). The zero-order valence-corrected chi connectivity index (χ0v) is 11.6. The first-order valence-electron chi connectivity index (χ1n) is 5.79. The number of methoxy groups -OCH3 is 1. The number of nitrogens with zero attached hydrogens (tertiary/aromatic N) is 2. The van der Waals surface area contributed by atoms with Crippen molar-refractivity contribution in [1.29, 1.82) is 0 Å². The maximum absolute atomic E-state index is 11.0. The summed E-state index contributed by atoms with van der Waals surface area (Å²) in [5, 5.41) is 8.37. The molecule has 0 aliphatic rings. The number of aryl methyl sites for hydroxylation is 1. The molecule has 1 aromatic carbocycles. The number of rotatable bonds is 5. The van der Waals surface area contributed by atoms with Crippen molar-refractivity contribution in [2.75, 3.05) is 12.9 Å². The first-order chi connectivity index (χ1) is 9.19. The number of thioether (sulfide) groups is 1. The Balaban J connectivity index is 1.95. The average molecular weight is 278 g/mol. The molecular formula is C13H14N2O3S. The van der Waals surface area contributed by atoms with Crippen LogP contribution in [0.15, 0.2) is 33.9 Å². The second-order valence-corrected chi connectivity index (χ2v) is 4.96. The number of carbonyl (C=O) groups is 1. The Morgan fingerprint density at radius 2 is 2.05 bits per heavy atom. The third-order valence-electron chi connectivity index (χ3n) is 2.46. The van der Waals surface area contributed by atoms with E-state index in [0.717, 1.165) is 5.56 Å². The Morgan fingerprint density at radius 3 is 2.74 bits per heavy atom. The van der Waals surface area contributed by atoms with Crippen LogP contribution in [0, 0.1) is 6.92 Å². The highest BCUT2D eigenvalue weighted by molar-refractivity contribution is 7.99. The van der Waals surface area contributed by atoms with Crippen LogP contribution in [0.5, 0.6) is 0 Å². The van der Waals surface area contributed by atoms with Crippen LogP contribution in [0.3, 0.4) is 0 Å². The summed E-state index contributed by atoms with van der Waals surface area (Å²) in [6.07, 6.45) is 0.323. The van der Waals surface area contributed by atoms with Crippen LogP contribution >= 0.6 is 11.8 Å². The molecule has 0 saturated carbocycles. The van der Waals surface area contributed by atoms with Gasteiger partial charge in [0.15, 0.2) is 0 Å². The molecule has 2 aromatic rings. The van der Waals surface area contributed by atoms with Gasteiger partial charge in [0.05, 0.1) is 13.5 Å². The molecule has 100 valence electrons. The van der Waals surface area contributed by atoms with E-state index in [-0.39, 0.29) is 5.97 Å². The number of esters is 1. The Bertz CT molecular complexity index is 551. The number of hydrogen-bond donors (Lipinski definition) is 0. The summed E-state index contributed by atoms with van der Waals surface area (Å²) in [5.74, 6) is 0.800. The van der Waals surface area contributed by atoms with Crippen molar-refractivity contribution in [2.45, 2.75) is 18.6 Å². The monoisotopic (exact) mass is 278 g/mol. The summed E-state index contributed by atoms with van der Waals surface area (Å²) in [6, 6.07) is 7.85. The van der Waals surface area contributed by atoms with Crippen molar-refractivity contribution in [3.63, 3.8) is 0 Å². The molecule has 0 aliphatic carbocycles. The maximum Gasteiger partial charge on any atom is 0.306 e. The molecule has 1 aromatic heterocycles. The molecule has 0 bridgehead atoms. The Hall–Kier alpha value is -1.82. The normalized spacial score (nSPS) is 10.4. The predicted octanol–water partition coefficient (Wildman–Crippen LogP) is 2.70. The fourth-order valence-electron chi connectivity index (χ4n) is 1.40. The molecular weight excluding hydrogens is 264 g/mol. The molecule has 0 aliphatic heterocycles. The van der Waals surface area contributed by atoms with Gasteiger partial charge in [-0.15, -0.1) is 10.2 Å². The van der Waals surface area contributed by atoms with Crippen molar-refractivity contribution < 1.29 is 13.9 Å². The zero-order chi connectivity index (χ0) is 13.7. The van der Waals surface area contributed by atoms with Gasteiger partial charge in [-0.2, -0.15) is 0 Å². The molecule has 0 atom stereocenters. The zero-order valence-electron chi connectivity index (χ0n) is 10.8. The Morgan fingerprint density at radius 1 is 1.32 bits per heavy atom. The molecule has 0 unspecified atom stereocenters. The highest BCUT2D eigenvalue weighted by Crippen LogP contribution is 2.23. The van der Waals surface area contributed by atoms with Crippen molar-refractivity contribution in [3.05, 3.63) is 29.8 Å². The van der Waals surface area contributed by atoms with Crippen LogP contribution in [0.4, 0.5) is 0 Å². The third kappa shape index (κ3) is 3.82. The molecule has 0 amide bonds. The highest BCUT2D eigenvalue weighted by Gasteiger charge is 2.09. The van der Waals surface area contributed by atoms with Gasteiger partial charge in [0.1, 0.15) is 0 Å². The number of aromatic nitrogens is 2. The van der Waals surface area contributed by atoms with Gasteiger partial charge in [-0.05, 0) is 19.1 Å². The van der Waals surface area contributed by atoms with Crippen molar-refractivity contribution >= 4 is 17.7 Å². The Labute approximate surface area is 115 Å². The molecule has 0 fully saturated rings. The highest BCUT2D eigenvalue weighted by atomic mass is 32.2. The third-order valence-corrected chi connectivity index (χ3v) is 3.28. The fraction of sp³-hybridized carbons (Fsp3) is 0.308. The lowest BCUT2D eigenvalue weighted by Crippen LogP contribution is -2.00. The van der Waals surface area contributed by atoms with Crippen LogP contribution in [-0.2, 0) is 9.53 Å². The summed E-state index contributed by atoms with van der Waals surface area (Å²) in [6.45, 7) is 2.02. The summed E-state index contributed by atoms with van der Waals surface area (Å²) < 4.78 is 10.1. The fourth-order valence-corrected chi connectivity index (χ4v) is 2.08. The lowest BCUT2D eigenvalue weighted by atomic mass is 10.1. The van der Waals surface area contributed by atoms with Crippen molar-refractivity contribution in [2.24, 2.45) is 0 Å².